The van der Waals surface area contributed by atoms with Crippen molar-refractivity contribution in [2.75, 3.05) is 19.0 Å². The summed E-state index contributed by atoms with van der Waals surface area (Å²) in [4.78, 5) is 0. The van der Waals surface area contributed by atoms with Gasteiger partial charge >= 0.3 is 0 Å². The largest absolute Gasteiger partial charge is 0.313 e. The van der Waals surface area contributed by atoms with E-state index in [-0.39, 0.29) is 0 Å². The fraction of sp³-hybridized carbons (Fsp3) is 0.800. The van der Waals surface area contributed by atoms with Crippen LogP contribution in [0.4, 0.5) is 0 Å². The molecule has 0 spiro atoms. The highest BCUT2D eigenvalue weighted by Gasteiger charge is 2.44. The van der Waals surface area contributed by atoms with Crippen molar-refractivity contribution in [3.8, 4) is 0 Å². The van der Waals surface area contributed by atoms with Crippen molar-refractivity contribution in [1.29, 1.82) is 0 Å². The van der Waals surface area contributed by atoms with Crippen molar-refractivity contribution in [2.45, 2.75) is 20.3 Å². The van der Waals surface area contributed by atoms with Crippen LogP contribution < -0.4 is 5.32 Å². The van der Waals surface area contributed by atoms with Crippen LogP contribution in [0, 0.1) is 11.3 Å². The van der Waals surface area contributed by atoms with Crippen molar-refractivity contribution in [3.63, 3.8) is 0 Å². The standard InChI is InChI=1S/C10H18ClN/c1-10(2)7-9(10)8-12-6-4-3-5-11/h3-4,9,12H,5-8H2,1-2H3/b4-3+. The van der Waals surface area contributed by atoms with Gasteiger partial charge in [-0.2, -0.15) is 0 Å². The SMILES string of the molecule is CC1(C)CC1CNC/C=C/CCl. The number of alkyl halides is 1. The van der Waals surface area contributed by atoms with Crippen LogP contribution in [-0.4, -0.2) is 19.0 Å². The second kappa shape index (κ2) is 4.29. The summed E-state index contributed by atoms with van der Waals surface area (Å²) in [6, 6.07) is 0. The maximum absolute atomic E-state index is 5.49. The summed E-state index contributed by atoms with van der Waals surface area (Å²) in [6.07, 6.45) is 5.44. The van der Waals surface area contributed by atoms with E-state index >= 15 is 0 Å². The first-order valence-corrected chi connectivity index (χ1v) is 5.12. The predicted octanol–water partition coefficient (Wildman–Crippen LogP) is 2.42. The van der Waals surface area contributed by atoms with Gasteiger partial charge in [0, 0.05) is 12.4 Å². The Morgan fingerprint density at radius 1 is 1.50 bits per heavy atom. The van der Waals surface area contributed by atoms with Gasteiger partial charge in [-0.1, -0.05) is 26.0 Å². The van der Waals surface area contributed by atoms with Crippen LogP contribution >= 0.6 is 11.6 Å². The molecule has 0 aliphatic heterocycles. The monoisotopic (exact) mass is 187 g/mol. The van der Waals surface area contributed by atoms with Crippen molar-refractivity contribution < 1.29 is 0 Å². The summed E-state index contributed by atoms with van der Waals surface area (Å²) in [5, 5.41) is 3.39. The second-order valence-corrected chi connectivity index (χ2v) is 4.48. The van der Waals surface area contributed by atoms with Crippen molar-refractivity contribution in [1.82, 2.24) is 5.32 Å². The predicted molar refractivity (Wildman–Crippen MR) is 54.6 cm³/mol. The maximum Gasteiger partial charge on any atom is 0.0404 e. The summed E-state index contributed by atoms with van der Waals surface area (Å²) in [6.45, 7) is 6.76. The molecule has 70 valence electrons. The van der Waals surface area contributed by atoms with E-state index in [1.807, 2.05) is 6.08 Å². The maximum atomic E-state index is 5.49. The average molecular weight is 188 g/mol. The van der Waals surface area contributed by atoms with Gasteiger partial charge in [-0.15, -0.1) is 11.6 Å². The van der Waals surface area contributed by atoms with Crippen LogP contribution in [-0.2, 0) is 0 Å². The third-order valence-corrected chi connectivity index (χ3v) is 2.80. The molecule has 1 aliphatic rings. The lowest BCUT2D eigenvalue weighted by atomic mass is 10.1. The average Bonchev–Trinajstić information content (AvgIpc) is 2.59. The molecule has 1 N–H and O–H groups in total. The van der Waals surface area contributed by atoms with Crippen molar-refractivity contribution in [2.24, 2.45) is 11.3 Å². The van der Waals surface area contributed by atoms with E-state index in [9.17, 15) is 0 Å². The lowest BCUT2D eigenvalue weighted by Gasteiger charge is -2.02. The third kappa shape index (κ3) is 3.16. The minimum atomic E-state index is 0.600. The van der Waals surface area contributed by atoms with Gasteiger partial charge in [-0.25, -0.2) is 0 Å². The van der Waals surface area contributed by atoms with Crippen LogP contribution in [0.5, 0.6) is 0 Å². The Labute approximate surface area is 80.2 Å². The molecule has 1 nitrogen and oxygen atoms in total. The third-order valence-electron chi connectivity index (χ3n) is 2.63. The molecule has 0 amide bonds. The molecule has 1 aliphatic carbocycles. The Morgan fingerprint density at radius 2 is 2.17 bits per heavy atom. The first-order chi connectivity index (χ1) is 5.67. The van der Waals surface area contributed by atoms with E-state index in [1.165, 1.54) is 6.42 Å². The Kier molecular flexibility index (Phi) is 3.60. The summed E-state index contributed by atoms with van der Waals surface area (Å²) in [5.74, 6) is 1.51. The molecule has 1 unspecified atom stereocenters. The molecule has 0 saturated heterocycles. The van der Waals surface area contributed by atoms with E-state index in [2.05, 4.69) is 25.2 Å². The summed E-state index contributed by atoms with van der Waals surface area (Å²) in [7, 11) is 0. The highest BCUT2D eigenvalue weighted by molar-refractivity contribution is 6.18. The molecule has 2 heteroatoms. The Balaban J connectivity index is 1.94. The van der Waals surface area contributed by atoms with Crippen LogP contribution in [0.15, 0.2) is 12.2 Å². The number of hydrogen-bond donors (Lipinski definition) is 1. The molecule has 1 atom stereocenters. The van der Waals surface area contributed by atoms with Gasteiger partial charge < -0.3 is 5.32 Å². The number of hydrogen-bond acceptors (Lipinski definition) is 1. The van der Waals surface area contributed by atoms with Gasteiger partial charge in [0.25, 0.3) is 0 Å². The quantitative estimate of drug-likeness (QED) is 0.396. The van der Waals surface area contributed by atoms with Gasteiger partial charge in [-0.3, -0.25) is 0 Å². The minimum Gasteiger partial charge on any atom is -0.313 e. The van der Waals surface area contributed by atoms with Gasteiger partial charge in [0.2, 0.25) is 0 Å². The zero-order chi connectivity index (χ0) is 9.03. The number of rotatable bonds is 5. The Morgan fingerprint density at radius 3 is 2.67 bits per heavy atom. The van der Waals surface area contributed by atoms with Crippen molar-refractivity contribution >= 4 is 11.6 Å². The molecule has 1 fully saturated rings. The smallest absolute Gasteiger partial charge is 0.0404 e. The van der Waals surface area contributed by atoms with Crippen LogP contribution in [0.2, 0.25) is 0 Å². The lowest BCUT2D eigenvalue weighted by molar-refractivity contribution is 0.532. The molecule has 0 aromatic carbocycles. The normalized spacial score (nSPS) is 26.4. The summed E-state index contributed by atoms with van der Waals surface area (Å²) in [5.41, 5.74) is 0.600. The van der Waals surface area contributed by atoms with Gasteiger partial charge in [0.15, 0.2) is 0 Å². The molecular formula is C10H18ClN. The van der Waals surface area contributed by atoms with E-state index in [0.29, 0.717) is 11.3 Å². The highest BCUT2D eigenvalue weighted by Crippen LogP contribution is 2.50. The highest BCUT2D eigenvalue weighted by atomic mass is 35.5. The first kappa shape index (κ1) is 10.1. The van der Waals surface area contributed by atoms with E-state index in [0.717, 1.165) is 19.0 Å². The topological polar surface area (TPSA) is 12.0 Å². The molecule has 0 bridgehead atoms. The van der Waals surface area contributed by atoms with Crippen molar-refractivity contribution in [3.05, 3.63) is 12.2 Å². The molecular weight excluding hydrogens is 170 g/mol. The van der Waals surface area contributed by atoms with Gasteiger partial charge in [0.1, 0.15) is 0 Å². The second-order valence-electron chi connectivity index (χ2n) is 4.17. The zero-order valence-corrected chi connectivity index (χ0v) is 8.69. The zero-order valence-electron chi connectivity index (χ0n) is 7.94. The fourth-order valence-electron chi connectivity index (χ4n) is 1.41. The molecule has 0 aromatic rings. The van der Waals surface area contributed by atoms with Gasteiger partial charge in [0.05, 0.1) is 0 Å². The fourth-order valence-corrected chi connectivity index (χ4v) is 1.54. The summed E-state index contributed by atoms with van der Waals surface area (Å²) >= 11 is 5.49. The minimum absolute atomic E-state index is 0.600. The van der Waals surface area contributed by atoms with E-state index < -0.39 is 0 Å². The van der Waals surface area contributed by atoms with Crippen LogP contribution in [0.3, 0.4) is 0 Å². The molecule has 0 heterocycles. The van der Waals surface area contributed by atoms with Gasteiger partial charge in [-0.05, 0) is 24.3 Å². The van der Waals surface area contributed by atoms with Crippen LogP contribution in [0.25, 0.3) is 0 Å². The number of halogens is 1. The van der Waals surface area contributed by atoms with Crippen LogP contribution in [0.1, 0.15) is 20.3 Å². The van der Waals surface area contributed by atoms with E-state index in [1.54, 1.807) is 0 Å². The first-order valence-electron chi connectivity index (χ1n) is 4.58. The summed E-state index contributed by atoms with van der Waals surface area (Å²) < 4.78 is 0. The Hall–Kier alpha value is -0.0100. The molecule has 0 aromatic heterocycles. The van der Waals surface area contributed by atoms with E-state index in [4.69, 9.17) is 11.6 Å². The molecule has 1 rings (SSSR count). The molecule has 0 radical (unpaired) electrons. The Bertz CT molecular complexity index is 163. The molecule has 12 heavy (non-hydrogen) atoms. The lowest BCUT2D eigenvalue weighted by Crippen LogP contribution is -2.18. The molecule has 1 saturated carbocycles. The number of nitrogens with one attached hydrogen (secondary N) is 1. The number of allylic oxidation sites excluding steroid dienone is 1.